The first-order chi connectivity index (χ1) is 8.60. The number of phenols is 1. The number of nitrogens with zero attached hydrogens (tertiary/aromatic N) is 1. The molecule has 4 nitrogen and oxygen atoms in total. The van der Waals surface area contributed by atoms with Crippen LogP contribution in [0, 0.1) is 0 Å². The smallest absolute Gasteiger partial charge is 0.243 e. The maximum absolute atomic E-state index is 12.4. The van der Waals surface area contributed by atoms with Gasteiger partial charge in [-0.2, -0.15) is 4.31 Å². The molecule has 0 aliphatic carbocycles. The van der Waals surface area contributed by atoms with Crippen LogP contribution in [0.3, 0.4) is 0 Å². The standard InChI is InChI=1S/C13H19NO3S/c15-12-6-8-13(9-7-12)18(16,17)14-10-4-2-1-3-5-11-14/h6-9,15H,1-5,10-11H2. The first-order valence-electron chi connectivity index (χ1n) is 6.40. The van der Waals surface area contributed by atoms with Gasteiger partial charge in [0.15, 0.2) is 0 Å². The Kier molecular flexibility index (Phi) is 4.24. The van der Waals surface area contributed by atoms with Gasteiger partial charge in [0.05, 0.1) is 4.90 Å². The van der Waals surface area contributed by atoms with Crippen LogP contribution in [0.4, 0.5) is 0 Å². The van der Waals surface area contributed by atoms with Crippen LogP contribution in [0.25, 0.3) is 0 Å². The minimum atomic E-state index is -3.40. The van der Waals surface area contributed by atoms with Crippen molar-refractivity contribution in [2.45, 2.75) is 37.0 Å². The SMILES string of the molecule is O=S(=O)(c1ccc(O)cc1)N1CCCCCCC1. The molecule has 5 heteroatoms. The van der Waals surface area contributed by atoms with Crippen LogP contribution in [-0.4, -0.2) is 30.9 Å². The third-order valence-corrected chi connectivity index (χ3v) is 5.20. The molecule has 0 saturated carbocycles. The highest BCUT2D eigenvalue weighted by Crippen LogP contribution is 2.21. The quantitative estimate of drug-likeness (QED) is 0.896. The predicted octanol–water partition coefficient (Wildman–Crippen LogP) is 2.35. The van der Waals surface area contributed by atoms with E-state index in [-0.39, 0.29) is 10.6 Å². The van der Waals surface area contributed by atoms with Gasteiger partial charge in [0.2, 0.25) is 10.0 Å². The molecule has 1 heterocycles. The summed E-state index contributed by atoms with van der Waals surface area (Å²) in [6.07, 6.45) is 5.25. The summed E-state index contributed by atoms with van der Waals surface area (Å²) in [6, 6.07) is 5.75. The van der Waals surface area contributed by atoms with Gasteiger partial charge in [-0.25, -0.2) is 8.42 Å². The average Bonchev–Trinajstić information content (AvgIpc) is 2.28. The molecule has 1 aliphatic heterocycles. The summed E-state index contributed by atoms with van der Waals surface area (Å²) in [5, 5.41) is 9.21. The van der Waals surface area contributed by atoms with E-state index in [0.29, 0.717) is 13.1 Å². The van der Waals surface area contributed by atoms with Gasteiger partial charge in [0.1, 0.15) is 5.75 Å². The third-order valence-electron chi connectivity index (χ3n) is 3.29. The third kappa shape index (κ3) is 3.03. The molecule has 0 bridgehead atoms. The molecule has 0 aromatic heterocycles. The van der Waals surface area contributed by atoms with E-state index in [1.165, 1.54) is 30.7 Å². The van der Waals surface area contributed by atoms with E-state index in [1.807, 2.05) is 0 Å². The Balaban J connectivity index is 2.20. The van der Waals surface area contributed by atoms with E-state index >= 15 is 0 Å². The minimum absolute atomic E-state index is 0.0848. The van der Waals surface area contributed by atoms with Crippen LogP contribution in [0.15, 0.2) is 29.2 Å². The summed E-state index contributed by atoms with van der Waals surface area (Å²) in [4.78, 5) is 0.265. The monoisotopic (exact) mass is 269 g/mol. The van der Waals surface area contributed by atoms with Crippen molar-refractivity contribution in [3.05, 3.63) is 24.3 Å². The van der Waals surface area contributed by atoms with Crippen LogP contribution < -0.4 is 0 Å². The number of phenolic OH excluding ortho intramolecular Hbond substituents is 1. The summed E-state index contributed by atoms with van der Waals surface area (Å²) < 4.78 is 26.4. The molecule has 1 aromatic carbocycles. The zero-order valence-electron chi connectivity index (χ0n) is 10.4. The Morgan fingerprint density at radius 2 is 1.39 bits per heavy atom. The molecule has 1 aliphatic rings. The molecule has 1 aromatic rings. The summed E-state index contributed by atoms with van der Waals surface area (Å²) in [5.41, 5.74) is 0. The van der Waals surface area contributed by atoms with E-state index in [2.05, 4.69) is 0 Å². The summed E-state index contributed by atoms with van der Waals surface area (Å²) >= 11 is 0. The molecule has 1 fully saturated rings. The highest BCUT2D eigenvalue weighted by Gasteiger charge is 2.24. The molecule has 18 heavy (non-hydrogen) atoms. The number of hydrogen-bond donors (Lipinski definition) is 1. The fourth-order valence-corrected chi connectivity index (χ4v) is 3.74. The van der Waals surface area contributed by atoms with E-state index in [0.717, 1.165) is 25.7 Å². The summed E-state index contributed by atoms with van der Waals surface area (Å²) in [5.74, 6) is 0.0848. The lowest BCUT2D eigenvalue weighted by atomic mass is 10.1. The second-order valence-electron chi connectivity index (χ2n) is 4.67. The highest BCUT2D eigenvalue weighted by molar-refractivity contribution is 7.89. The van der Waals surface area contributed by atoms with Crippen LogP contribution in [-0.2, 0) is 10.0 Å². The fourth-order valence-electron chi connectivity index (χ4n) is 2.23. The van der Waals surface area contributed by atoms with Crippen molar-refractivity contribution in [3.63, 3.8) is 0 Å². The second kappa shape index (κ2) is 5.71. The van der Waals surface area contributed by atoms with Gasteiger partial charge >= 0.3 is 0 Å². The Labute approximate surface area is 108 Å². The molecule has 0 amide bonds. The number of aromatic hydroxyl groups is 1. The van der Waals surface area contributed by atoms with E-state index in [9.17, 15) is 13.5 Å². The fraction of sp³-hybridized carbons (Fsp3) is 0.538. The maximum atomic E-state index is 12.4. The van der Waals surface area contributed by atoms with E-state index < -0.39 is 10.0 Å². The van der Waals surface area contributed by atoms with Crippen molar-refractivity contribution in [2.75, 3.05) is 13.1 Å². The van der Waals surface area contributed by atoms with Crippen molar-refractivity contribution in [3.8, 4) is 5.75 Å². The van der Waals surface area contributed by atoms with Crippen molar-refractivity contribution in [1.29, 1.82) is 0 Å². The molecule has 100 valence electrons. The van der Waals surface area contributed by atoms with E-state index in [1.54, 1.807) is 4.31 Å². The first kappa shape index (κ1) is 13.4. The molecule has 0 radical (unpaired) electrons. The average molecular weight is 269 g/mol. The Morgan fingerprint density at radius 1 is 0.889 bits per heavy atom. The molecule has 1 saturated heterocycles. The zero-order valence-corrected chi connectivity index (χ0v) is 11.2. The lowest BCUT2D eigenvalue weighted by Crippen LogP contribution is -2.33. The van der Waals surface area contributed by atoms with Gasteiger partial charge < -0.3 is 5.11 Å². The van der Waals surface area contributed by atoms with Crippen LogP contribution in [0.5, 0.6) is 5.75 Å². The zero-order chi connectivity index (χ0) is 13.0. The van der Waals surface area contributed by atoms with Gasteiger partial charge in [-0.15, -0.1) is 0 Å². The molecule has 2 rings (SSSR count). The van der Waals surface area contributed by atoms with E-state index in [4.69, 9.17) is 0 Å². The maximum Gasteiger partial charge on any atom is 0.243 e. The number of sulfonamides is 1. The van der Waals surface area contributed by atoms with Gasteiger partial charge in [0, 0.05) is 13.1 Å². The summed E-state index contributed by atoms with van der Waals surface area (Å²) in [7, 11) is -3.40. The normalized spacial score (nSPS) is 19.1. The molecular formula is C13H19NO3S. The van der Waals surface area contributed by atoms with Gasteiger partial charge in [0.25, 0.3) is 0 Å². The molecular weight excluding hydrogens is 250 g/mol. The van der Waals surface area contributed by atoms with Gasteiger partial charge in [-0.05, 0) is 37.1 Å². The molecule has 0 atom stereocenters. The number of rotatable bonds is 2. The van der Waals surface area contributed by atoms with Crippen molar-refractivity contribution in [2.24, 2.45) is 0 Å². The van der Waals surface area contributed by atoms with Crippen LogP contribution >= 0.6 is 0 Å². The largest absolute Gasteiger partial charge is 0.508 e. The molecule has 0 unspecified atom stereocenters. The van der Waals surface area contributed by atoms with Crippen LogP contribution in [0.2, 0.25) is 0 Å². The molecule has 1 N–H and O–H groups in total. The highest BCUT2D eigenvalue weighted by atomic mass is 32.2. The topological polar surface area (TPSA) is 57.6 Å². The Morgan fingerprint density at radius 3 is 1.94 bits per heavy atom. The Hall–Kier alpha value is -1.07. The number of hydrogen-bond acceptors (Lipinski definition) is 3. The lowest BCUT2D eigenvalue weighted by molar-refractivity contribution is 0.364. The van der Waals surface area contributed by atoms with Gasteiger partial charge in [-0.3, -0.25) is 0 Å². The van der Waals surface area contributed by atoms with Crippen molar-refractivity contribution >= 4 is 10.0 Å². The lowest BCUT2D eigenvalue weighted by Gasteiger charge is -2.24. The van der Waals surface area contributed by atoms with Crippen LogP contribution in [0.1, 0.15) is 32.1 Å². The predicted molar refractivity (Wildman–Crippen MR) is 70.0 cm³/mol. The first-order valence-corrected chi connectivity index (χ1v) is 7.84. The second-order valence-corrected chi connectivity index (χ2v) is 6.60. The molecule has 0 spiro atoms. The van der Waals surface area contributed by atoms with Gasteiger partial charge in [-0.1, -0.05) is 19.3 Å². The Bertz CT molecular complexity index is 473. The minimum Gasteiger partial charge on any atom is -0.508 e. The summed E-state index contributed by atoms with van der Waals surface area (Å²) in [6.45, 7) is 1.20. The number of benzene rings is 1. The van der Waals surface area contributed by atoms with Crippen molar-refractivity contribution in [1.82, 2.24) is 4.31 Å². The van der Waals surface area contributed by atoms with Crippen molar-refractivity contribution < 1.29 is 13.5 Å².